The fourth-order valence-corrected chi connectivity index (χ4v) is 2.24. The van der Waals surface area contributed by atoms with Crippen LogP contribution in [-0.4, -0.2) is 50.0 Å². The van der Waals surface area contributed by atoms with Gasteiger partial charge in [-0.2, -0.15) is 0 Å². The van der Waals surface area contributed by atoms with Gasteiger partial charge in [-0.15, -0.1) is 0 Å². The molecule has 2 aliphatic heterocycles. The van der Waals surface area contributed by atoms with Crippen LogP contribution in [0.2, 0.25) is 0 Å². The fourth-order valence-electron chi connectivity index (χ4n) is 2.24. The number of hydrogen-bond acceptors (Lipinski definition) is 6. The Labute approximate surface area is 122 Å². The van der Waals surface area contributed by atoms with E-state index in [4.69, 9.17) is 14.3 Å². The predicted octanol–water partition coefficient (Wildman–Crippen LogP) is 1.17. The van der Waals surface area contributed by atoms with Gasteiger partial charge in [-0.1, -0.05) is 5.16 Å². The number of ether oxygens (including phenoxy) is 2. The monoisotopic (exact) mass is 288 g/mol. The van der Waals surface area contributed by atoms with Crippen LogP contribution in [0.1, 0.15) is 5.56 Å². The van der Waals surface area contributed by atoms with E-state index in [0.29, 0.717) is 24.5 Å². The van der Waals surface area contributed by atoms with E-state index in [-0.39, 0.29) is 0 Å². The van der Waals surface area contributed by atoms with Crippen molar-refractivity contribution < 1.29 is 19.1 Å². The second-order valence-electron chi connectivity index (χ2n) is 4.74. The van der Waals surface area contributed by atoms with E-state index in [1.165, 1.54) is 0 Å². The standard InChI is InChI=1S/C15H16N2O4/c1-19-12-4-2-11(3-5-12)14-13(15(18)21-16-14)10-17-6-8-20-9-7-17/h2-5,10H,6-9H2,1H3. The molecule has 1 fully saturated rings. The molecule has 0 bridgehead atoms. The number of nitrogens with zero attached hydrogens (tertiary/aromatic N) is 2. The average molecular weight is 288 g/mol. The molecule has 6 heteroatoms. The minimum atomic E-state index is -0.424. The van der Waals surface area contributed by atoms with Gasteiger partial charge in [0.1, 0.15) is 17.0 Å². The van der Waals surface area contributed by atoms with E-state index < -0.39 is 5.97 Å². The highest BCUT2D eigenvalue weighted by Gasteiger charge is 2.28. The highest BCUT2D eigenvalue weighted by atomic mass is 16.7. The molecular formula is C15H16N2O4. The number of oxime groups is 1. The molecule has 1 aromatic carbocycles. The van der Waals surface area contributed by atoms with Crippen LogP contribution in [0, 0.1) is 0 Å². The molecule has 0 amide bonds. The van der Waals surface area contributed by atoms with Crippen LogP contribution in [0.25, 0.3) is 0 Å². The summed E-state index contributed by atoms with van der Waals surface area (Å²) < 4.78 is 10.4. The normalized spacial score (nSPS) is 20.4. The molecule has 0 unspecified atom stereocenters. The van der Waals surface area contributed by atoms with Gasteiger partial charge in [-0.25, -0.2) is 4.79 Å². The van der Waals surface area contributed by atoms with E-state index in [0.717, 1.165) is 24.4 Å². The molecule has 0 aromatic heterocycles. The van der Waals surface area contributed by atoms with Crippen LogP contribution in [0.3, 0.4) is 0 Å². The van der Waals surface area contributed by atoms with Gasteiger partial charge in [0.25, 0.3) is 0 Å². The third-order valence-corrected chi connectivity index (χ3v) is 3.42. The van der Waals surface area contributed by atoms with Crippen molar-refractivity contribution in [3.63, 3.8) is 0 Å². The molecule has 0 radical (unpaired) electrons. The number of hydrogen-bond donors (Lipinski definition) is 0. The van der Waals surface area contributed by atoms with Crippen LogP contribution in [0.4, 0.5) is 0 Å². The maximum Gasteiger partial charge on any atom is 0.369 e. The first-order chi connectivity index (χ1) is 10.3. The second kappa shape index (κ2) is 5.97. The van der Waals surface area contributed by atoms with Gasteiger partial charge < -0.3 is 19.2 Å². The Hall–Kier alpha value is -2.34. The van der Waals surface area contributed by atoms with Crippen LogP contribution >= 0.6 is 0 Å². The van der Waals surface area contributed by atoms with E-state index >= 15 is 0 Å². The summed E-state index contributed by atoms with van der Waals surface area (Å²) >= 11 is 0. The summed E-state index contributed by atoms with van der Waals surface area (Å²) in [6.45, 7) is 2.83. The number of carbonyl (C=O) groups is 1. The molecule has 110 valence electrons. The summed E-state index contributed by atoms with van der Waals surface area (Å²) in [5.74, 6) is 0.329. The summed E-state index contributed by atoms with van der Waals surface area (Å²) in [4.78, 5) is 18.7. The lowest BCUT2D eigenvalue weighted by Gasteiger charge is -2.25. The van der Waals surface area contributed by atoms with Crippen molar-refractivity contribution in [1.82, 2.24) is 4.90 Å². The Bertz CT molecular complexity index is 586. The summed E-state index contributed by atoms with van der Waals surface area (Å²) in [5, 5.41) is 3.89. The third-order valence-electron chi connectivity index (χ3n) is 3.42. The lowest BCUT2D eigenvalue weighted by molar-refractivity contribution is -0.137. The average Bonchev–Trinajstić information content (AvgIpc) is 2.90. The van der Waals surface area contributed by atoms with Crippen molar-refractivity contribution in [2.75, 3.05) is 33.4 Å². The Morgan fingerprint density at radius 1 is 1.24 bits per heavy atom. The van der Waals surface area contributed by atoms with Crippen molar-refractivity contribution in [2.45, 2.75) is 0 Å². The predicted molar refractivity (Wildman–Crippen MR) is 76.1 cm³/mol. The van der Waals surface area contributed by atoms with E-state index in [1.807, 2.05) is 29.2 Å². The number of benzene rings is 1. The van der Waals surface area contributed by atoms with Gasteiger partial charge in [0, 0.05) is 24.9 Å². The smallest absolute Gasteiger partial charge is 0.369 e. The molecule has 21 heavy (non-hydrogen) atoms. The molecule has 3 rings (SSSR count). The second-order valence-corrected chi connectivity index (χ2v) is 4.74. The van der Waals surface area contributed by atoms with Crippen LogP contribution < -0.4 is 4.74 Å². The first-order valence-electron chi connectivity index (χ1n) is 6.75. The lowest BCUT2D eigenvalue weighted by Crippen LogP contribution is -2.33. The van der Waals surface area contributed by atoms with Crippen molar-refractivity contribution >= 4 is 11.7 Å². The van der Waals surface area contributed by atoms with Crippen molar-refractivity contribution in [1.29, 1.82) is 0 Å². The quantitative estimate of drug-likeness (QED) is 0.617. The third kappa shape index (κ3) is 2.90. The molecular weight excluding hydrogens is 272 g/mol. The fraction of sp³-hybridized carbons (Fsp3) is 0.333. The van der Waals surface area contributed by atoms with Crippen molar-refractivity contribution in [3.05, 3.63) is 41.6 Å². The highest BCUT2D eigenvalue weighted by molar-refractivity contribution is 6.28. The van der Waals surface area contributed by atoms with E-state index in [1.54, 1.807) is 13.3 Å². The molecule has 6 nitrogen and oxygen atoms in total. The summed E-state index contributed by atoms with van der Waals surface area (Å²) in [6, 6.07) is 7.36. The molecule has 0 atom stereocenters. The molecule has 1 saturated heterocycles. The molecule has 0 N–H and O–H groups in total. The zero-order valence-corrected chi connectivity index (χ0v) is 11.7. The van der Waals surface area contributed by atoms with Gasteiger partial charge >= 0.3 is 5.97 Å². The first-order valence-corrected chi connectivity index (χ1v) is 6.75. The number of rotatable bonds is 3. The van der Waals surface area contributed by atoms with Crippen LogP contribution in [0.5, 0.6) is 5.75 Å². The summed E-state index contributed by atoms with van der Waals surface area (Å²) in [5.41, 5.74) is 1.84. The molecule has 0 aliphatic carbocycles. The van der Waals surface area contributed by atoms with E-state index in [9.17, 15) is 4.79 Å². The van der Waals surface area contributed by atoms with Gasteiger partial charge in [-0.05, 0) is 24.3 Å². The number of morpholine rings is 1. The Morgan fingerprint density at radius 2 is 1.95 bits per heavy atom. The minimum Gasteiger partial charge on any atom is -0.497 e. The van der Waals surface area contributed by atoms with Crippen molar-refractivity contribution in [3.8, 4) is 5.75 Å². The summed E-state index contributed by atoms with van der Waals surface area (Å²) in [6.07, 6.45) is 1.81. The van der Waals surface area contributed by atoms with Crippen LogP contribution in [-0.2, 0) is 14.4 Å². The largest absolute Gasteiger partial charge is 0.497 e. The molecule has 0 saturated carbocycles. The molecule has 2 aliphatic rings. The Morgan fingerprint density at radius 3 is 2.62 bits per heavy atom. The van der Waals surface area contributed by atoms with Gasteiger partial charge in [0.05, 0.1) is 20.3 Å². The van der Waals surface area contributed by atoms with Crippen LogP contribution in [0.15, 0.2) is 41.2 Å². The van der Waals surface area contributed by atoms with E-state index in [2.05, 4.69) is 5.16 Å². The number of carbonyl (C=O) groups excluding carboxylic acids is 1. The molecule has 0 spiro atoms. The molecule has 1 aromatic rings. The van der Waals surface area contributed by atoms with Gasteiger partial charge in [0.2, 0.25) is 0 Å². The minimum absolute atomic E-state index is 0.424. The lowest BCUT2D eigenvalue weighted by atomic mass is 10.0. The zero-order chi connectivity index (χ0) is 14.7. The van der Waals surface area contributed by atoms with Crippen molar-refractivity contribution in [2.24, 2.45) is 5.16 Å². The zero-order valence-electron chi connectivity index (χ0n) is 11.7. The van der Waals surface area contributed by atoms with Gasteiger partial charge in [0.15, 0.2) is 0 Å². The van der Waals surface area contributed by atoms with Gasteiger partial charge in [-0.3, -0.25) is 0 Å². The first kappa shape index (κ1) is 13.6. The Kier molecular flexibility index (Phi) is 3.87. The Balaban J connectivity index is 1.85. The molecule has 2 heterocycles. The SMILES string of the molecule is COc1ccc(C2=NOC(=O)C2=CN2CCOCC2)cc1. The maximum absolute atomic E-state index is 11.9. The number of methoxy groups -OCH3 is 1. The summed E-state index contributed by atoms with van der Waals surface area (Å²) in [7, 11) is 1.61. The maximum atomic E-state index is 11.9. The highest BCUT2D eigenvalue weighted by Crippen LogP contribution is 2.21. The topological polar surface area (TPSA) is 60.4 Å².